The van der Waals surface area contributed by atoms with E-state index in [-0.39, 0.29) is 5.91 Å². The van der Waals surface area contributed by atoms with E-state index in [0.717, 1.165) is 27.8 Å². The second kappa shape index (κ2) is 6.93. The van der Waals surface area contributed by atoms with Crippen LogP contribution in [-0.4, -0.2) is 21.9 Å². The van der Waals surface area contributed by atoms with Gasteiger partial charge in [0.15, 0.2) is 4.34 Å². The Morgan fingerprint density at radius 3 is 3.23 bits per heavy atom. The number of carbonyl (C=O) groups excluding carboxylic acids is 1. The summed E-state index contributed by atoms with van der Waals surface area (Å²) >= 11 is 4.57. The van der Waals surface area contributed by atoms with Crippen LogP contribution in [0, 0.1) is 5.92 Å². The maximum absolute atomic E-state index is 12.4. The van der Waals surface area contributed by atoms with Crippen LogP contribution in [0.1, 0.15) is 33.5 Å². The summed E-state index contributed by atoms with van der Waals surface area (Å²) in [6.07, 6.45) is 5.21. The molecule has 2 heterocycles. The van der Waals surface area contributed by atoms with Crippen molar-refractivity contribution in [2.45, 2.75) is 30.5 Å². The molecule has 3 rings (SSSR count). The highest BCUT2D eigenvalue weighted by Crippen LogP contribution is 2.33. The first kappa shape index (κ1) is 15.7. The van der Waals surface area contributed by atoms with E-state index >= 15 is 0 Å². The minimum atomic E-state index is -0.0801. The lowest BCUT2D eigenvalue weighted by Gasteiger charge is -2.16. The van der Waals surface area contributed by atoms with Crippen LogP contribution in [0.25, 0.3) is 0 Å². The van der Waals surface area contributed by atoms with E-state index in [1.165, 1.54) is 28.2 Å². The largest absolute Gasteiger partial charge is 0.296 e. The van der Waals surface area contributed by atoms with Gasteiger partial charge in [-0.1, -0.05) is 36.1 Å². The van der Waals surface area contributed by atoms with E-state index in [1.54, 1.807) is 23.1 Å². The van der Waals surface area contributed by atoms with E-state index in [9.17, 15) is 4.79 Å². The topological polar surface area (TPSA) is 54.9 Å². The van der Waals surface area contributed by atoms with Crippen LogP contribution in [0.2, 0.25) is 0 Å². The molecule has 116 valence electrons. The first-order valence-electron chi connectivity index (χ1n) is 7.16. The molecule has 0 unspecified atom stereocenters. The Balaban J connectivity index is 1.67. The van der Waals surface area contributed by atoms with Crippen LogP contribution in [0.4, 0.5) is 5.13 Å². The maximum Gasteiger partial charge on any atom is 0.267 e. The molecule has 0 saturated heterocycles. The maximum atomic E-state index is 12.4. The average molecular weight is 352 g/mol. The van der Waals surface area contributed by atoms with Gasteiger partial charge in [-0.25, -0.2) is 0 Å². The van der Waals surface area contributed by atoms with Gasteiger partial charge < -0.3 is 0 Å². The van der Waals surface area contributed by atoms with Crippen molar-refractivity contribution in [1.29, 1.82) is 0 Å². The Labute approximate surface area is 142 Å². The predicted octanol–water partition coefficient (Wildman–Crippen LogP) is 4.25. The fourth-order valence-electron chi connectivity index (χ4n) is 2.43. The highest BCUT2D eigenvalue weighted by atomic mass is 32.2. The molecule has 0 bridgehead atoms. The highest BCUT2D eigenvalue weighted by Gasteiger charge is 2.21. The lowest BCUT2D eigenvalue weighted by molar-refractivity contribution is 0.103. The van der Waals surface area contributed by atoms with Gasteiger partial charge in [0.05, 0.1) is 4.88 Å². The Kier molecular flexibility index (Phi) is 4.95. The van der Waals surface area contributed by atoms with Crippen molar-refractivity contribution < 1.29 is 4.79 Å². The summed E-state index contributed by atoms with van der Waals surface area (Å²) in [5.74, 6) is 1.42. The van der Waals surface area contributed by atoms with E-state index < -0.39 is 0 Å². The molecule has 0 aromatic carbocycles. The van der Waals surface area contributed by atoms with Crippen LogP contribution < -0.4 is 5.32 Å². The highest BCUT2D eigenvalue weighted by molar-refractivity contribution is 8.01. The lowest BCUT2D eigenvalue weighted by atomic mass is 9.90. The number of nitrogens with zero attached hydrogens (tertiary/aromatic N) is 2. The van der Waals surface area contributed by atoms with Gasteiger partial charge >= 0.3 is 0 Å². The summed E-state index contributed by atoms with van der Waals surface area (Å²) in [4.78, 5) is 14.5. The number of anilines is 1. The van der Waals surface area contributed by atoms with Crippen molar-refractivity contribution in [3.8, 4) is 0 Å². The lowest BCUT2D eigenvalue weighted by Crippen LogP contribution is -2.10. The zero-order valence-electron chi connectivity index (χ0n) is 12.3. The summed E-state index contributed by atoms with van der Waals surface area (Å²) in [5.41, 5.74) is 1.34. The third kappa shape index (κ3) is 3.59. The molecule has 0 spiro atoms. The first-order valence-corrected chi connectivity index (χ1v) is 9.77. The summed E-state index contributed by atoms with van der Waals surface area (Å²) in [5, 5.41) is 11.5. The molecule has 0 fully saturated rings. The number of hydrogen-bond acceptors (Lipinski definition) is 6. The van der Waals surface area contributed by atoms with E-state index in [2.05, 4.69) is 29.0 Å². The third-order valence-corrected chi connectivity index (χ3v) is 6.71. The van der Waals surface area contributed by atoms with E-state index in [0.29, 0.717) is 11.0 Å². The molecule has 1 atom stereocenters. The summed E-state index contributed by atoms with van der Waals surface area (Å²) in [6, 6.07) is 2.04. The molecule has 0 aliphatic heterocycles. The number of rotatable bonds is 5. The molecule has 1 amide bonds. The number of carbonyl (C=O) groups is 1. The fraction of sp³-hybridized carbons (Fsp3) is 0.400. The first-order chi connectivity index (χ1) is 10.7. The van der Waals surface area contributed by atoms with Crippen molar-refractivity contribution in [3.63, 3.8) is 0 Å². The number of amides is 1. The van der Waals surface area contributed by atoms with Crippen molar-refractivity contribution in [3.05, 3.63) is 34.0 Å². The number of thiophene rings is 1. The van der Waals surface area contributed by atoms with Crippen LogP contribution in [0.5, 0.6) is 0 Å². The van der Waals surface area contributed by atoms with E-state index in [1.807, 2.05) is 12.1 Å². The SMILES string of the molecule is C=CCSc1nnc(NC(=O)c2cc3c(s2)CC[C@@H](C)C3)s1. The van der Waals surface area contributed by atoms with Gasteiger partial charge in [-0.3, -0.25) is 10.1 Å². The third-order valence-electron chi connectivity index (χ3n) is 3.50. The standard InChI is InChI=1S/C15H17N3OS3/c1-3-6-20-15-18-17-14(22-15)16-13(19)12-8-10-7-9(2)4-5-11(10)21-12/h3,8-9H,1,4-7H2,2H3,(H,16,17,19)/t9-/m1/s1. The Bertz CT molecular complexity index is 692. The Morgan fingerprint density at radius 2 is 2.41 bits per heavy atom. The zero-order chi connectivity index (χ0) is 15.5. The summed E-state index contributed by atoms with van der Waals surface area (Å²) in [6.45, 7) is 5.94. The molecular formula is C15H17N3OS3. The van der Waals surface area contributed by atoms with Crippen molar-refractivity contribution >= 4 is 45.5 Å². The molecule has 7 heteroatoms. The molecule has 1 aliphatic rings. The molecule has 4 nitrogen and oxygen atoms in total. The van der Waals surface area contributed by atoms with Gasteiger partial charge in [0, 0.05) is 10.6 Å². The Morgan fingerprint density at radius 1 is 1.55 bits per heavy atom. The van der Waals surface area contributed by atoms with Crippen LogP contribution in [0.15, 0.2) is 23.1 Å². The smallest absolute Gasteiger partial charge is 0.267 e. The van der Waals surface area contributed by atoms with Gasteiger partial charge in [-0.15, -0.1) is 28.1 Å². The van der Waals surface area contributed by atoms with Crippen molar-refractivity contribution in [2.75, 3.05) is 11.1 Å². The quantitative estimate of drug-likeness (QED) is 0.497. The van der Waals surface area contributed by atoms with Crippen LogP contribution in [0.3, 0.4) is 0 Å². The summed E-state index contributed by atoms with van der Waals surface area (Å²) < 4.78 is 0.842. The second-order valence-electron chi connectivity index (χ2n) is 5.33. The zero-order valence-corrected chi connectivity index (χ0v) is 14.7. The molecule has 0 radical (unpaired) electrons. The molecule has 1 N–H and O–H groups in total. The van der Waals surface area contributed by atoms with Crippen LogP contribution >= 0.6 is 34.4 Å². The normalized spacial score (nSPS) is 17.0. The van der Waals surface area contributed by atoms with Gasteiger partial charge in [-0.2, -0.15) is 0 Å². The number of nitrogens with one attached hydrogen (secondary N) is 1. The fourth-order valence-corrected chi connectivity index (χ4v) is 5.04. The molecule has 2 aromatic rings. The van der Waals surface area contributed by atoms with E-state index in [4.69, 9.17) is 0 Å². The minimum Gasteiger partial charge on any atom is -0.296 e. The molecule has 0 saturated carbocycles. The number of aromatic nitrogens is 2. The average Bonchev–Trinajstić information content (AvgIpc) is 3.11. The Hall–Kier alpha value is -1.18. The van der Waals surface area contributed by atoms with Gasteiger partial charge in [0.25, 0.3) is 5.91 Å². The number of fused-ring (bicyclic) bond motifs is 1. The van der Waals surface area contributed by atoms with Gasteiger partial charge in [-0.05, 0) is 36.8 Å². The summed E-state index contributed by atoms with van der Waals surface area (Å²) in [7, 11) is 0. The number of aryl methyl sites for hydroxylation is 1. The van der Waals surface area contributed by atoms with Crippen molar-refractivity contribution in [1.82, 2.24) is 10.2 Å². The van der Waals surface area contributed by atoms with Crippen LogP contribution in [-0.2, 0) is 12.8 Å². The molecular weight excluding hydrogens is 334 g/mol. The minimum absolute atomic E-state index is 0.0801. The number of thioether (sulfide) groups is 1. The monoisotopic (exact) mass is 351 g/mol. The molecule has 2 aromatic heterocycles. The number of hydrogen-bond donors (Lipinski definition) is 1. The van der Waals surface area contributed by atoms with Crippen molar-refractivity contribution in [2.24, 2.45) is 5.92 Å². The molecule has 1 aliphatic carbocycles. The van der Waals surface area contributed by atoms with Gasteiger partial charge in [0.2, 0.25) is 5.13 Å². The second-order valence-corrected chi connectivity index (χ2v) is 8.72. The predicted molar refractivity (Wildman–Crippen MR) is 94.3 cm³/mol. The molecule has 22 heavy (non-hydrogen) atoms. The van der Waals surface area contributed by atoms with Gasteiger partial charge in [0.1, 0.15) is 0 Å².